The third-order valence-corrected chi connectivity index (χ3v) is 4.59. The van der Waals surface area contributed by atoms with Crippen LogP contribution in [0.5, 0.6) is 0 Å². The number of piperidine rings is 1. The molecule has 1 saturated heterocycles. The summed E-state index contributed by atoms with van der Waals surface area (Å²) in [6.07, 6.45) is 2.70. The SMILES string of the molecule is Cc1csc(C(C)NCC2CCCN(C)C2)n1. The van der Waals surface area contributed by atoms with Gasteiger partial charge in [0.25, 0.3) is 0 Å². The van der Waals surface area contributed by atoms with Crippen LogP contribution in [0.2, 0.25) is 0 Å². The summed E-state index contributed by atoms with van der Waals surface area (Å²) in [6.45, 7) is 7.88. The Labute approximate surface area is 108 Å². The monoisotopic (exact) mass is 253 g/mol. The summed E-state index contributed by atoms with van der Waals surface area (Å²) in [5, 5.41) is 6.97. The Bertz CT molecular complexity index is 350. The minimum atomic E-state index is 0.390. The highest BCUT2D eigenvalue weighted by molar-refractivity contribution is 7.09. The van der Waals surface area contributed by atoms with Gasteiger partial charge < -0.3 is 10.2 Å². The number of aryl methyl sites for hydroxylation is 1. The van der Waals surface area contributed by atoms with Crippen molar-refractivity contribution in [2.75, 3.05) is 26.7 Å². The minimum Gasteiger partial charge on any atom is -0.308 e. The number of hydrogen-bond acceptors (Lipinski definition) is 4. The van der Waals surface area contributed by atoms with Gasteiger partial charge in [-0.2, -0.15) is 0 Å². The number of thiazole rings is 1. The lowest BCUT2D eigenvalue weighted by Gasteiger charge is -2.30. The Balaban J connectivity index is 1.77. The average molecular weight is 253 g/mol. The van der Waals surface area contributed by atoms with Crippen LogP contribution in [0.3, 0.4) is 0 Å². The van der Waals surface area contributed by atoms with Crippen LogP contribution >= 0.6 is 11.3 Å². The zero-order valence-electron chi connectivity index (χ0n) is 11.1. The van der Waals surface area contributed by atoms with E-state index in [0.717, 1.165) is 18.2 Å². The fourth-order valence-electron chi connectivity index (χ4n) is 2.44. The van der Waals surface area contributed by atoms with Gasteiger partial charge in [-0.05, 0) is 52.7 Å². The Morgan fingerprint density at radius 1 is 1.65 bits per heavy atom. The first-order chi connectivity index (χ1) is 8.15. The molecule has 0 amide bonds. The zero-order valence-corrected chi connectivity index (χ0v) is 11.9. The van der Waals surface area contributed by atoms with Crippen LogP contribution in [-0.4, -0.2) is 36.6 Å². The maximum Gasteiger partial charge on any atom is 0.110 e. The number of nitrogens with zero attached hydrogens (tertiary/aromatic N) is 2. The first kappa shape index (κ1) is 13.0. The first-order valence-corrected chi connectivity index (χ1v) is 7.37. The molecule has 2 heterocycles. The molecule has 2 unspecified atom stereocenters. The molecule has 0 radical (unpaired) electrons. The van der Waals surface area contributed by atoms with Crippen LogP contribution < -0.4 is 5.32 Å². The van der Waals surface area contributed by atoms with Gasteiger partial charge in [0.15, 0.2) is 0 Å². The van der Waals surface area contributed by atoms with E-state index in [9.17, 15) is 0 Å². The van der Waals surface area contributed by atoms with Crippen molar-refractivity contribution >= 4 is 11.3 Å². The van der Waals surface area contributed by atoms with Crippen LogP contribution in [0.4, 0.5) is 0 Å². The summed E-state index contributed by atoms with van der Waals surface area (Å²) in [7, 11) is 2.22. The zero-order chi connectivity index (χ0) is 12.3. The summed E-state index contributed by atoms with van der Waals surface area (Å²) >= 11 is 1.76. The predicted octanol–water partition coefficient (Wildman–Crippen LogP) is 2.44. The summed E-state index contributed by atoms with van der Waals surface area (Å²) in [6, 6.07) is 0.390. The molecule has 0 aromatic carbocycles. The molecule has 0 saturated carbocycles. The average Bonchev–Trinajstić information content (AvgIpc) is 2.73. The Kier molecular flexibility index (Phi) is 4.54. The fourth-order valence-corrected chi connectivity index (χ4v) is 3.27. The van der Waals surface area contributed by atoms with Crippen molar-refractivity contribution in [1.82, 2.24) is 15.2 Å². The van der Waals surface area contributed by atoms with Gasteiger partial charge in [-0.1, -0.05) is 0 Å². The van der Waals surface area contributed by atoms with E-state index in [-0.39, 0.29) is 0 Å². The number of nitrogens with one attached hydrogen (secondary N) is 1. The molecule has 17 heavy (non-hydrogen) atoms. The topological polar surface area (TPSA) is 28.2 Å². The molecule has 2 atom stereocenters. The molecular formula is C13H23N3S. The van der Waals surface area contributed by atoms with Crippen LogP contribution in [0.15, 0.2) is 5.38 Å². The van der Waals surface area contributed by atoms with Gasteiger partial charge in [0.05, 0.1) is 6.04 Å². The maximum absolute atomic E-state index is 4.53. The van der Waals surface area contributed by atoms with Gasteiger partial charge in [-0.15, -0.1) is 11.3 Å². The maximum atomic E-state index is 4.53. The van der Waals surface area contributed by atoms with Gasteiger partial charge in [0.1, 0.15) is 5.01 Å². The van der Waals surface area contributed by atoms with Crippen LogP contribution in [0.1, 0.15) is 36.5 Å². The summed E-state index contributed by atoms with van der Waals surface area (Å²) in [4.78, 5) is 6.97. The highest BCUT2D eigenvalue weighted by Gasteiger charge is 2.18. The first-order valence-electron chi connectivity index (χ1n) is 6.49. The lowest BCUT2D eigenvalue weighted by Crippen LogP contribution is -2.37. The van der Waals surface area contributed by atoms with Crippen LogP contribution in [0.25, 0.3) is 0 Å². The molecule has 4 heteroatoms. The molecule has 1 N–H and O–H groups in total. The van der Waals surface area contributed by atoms with Gasteiger partial charge in [0, 0.05) is 17.6 Å². The van der Waals surface area contributed by atoms with Crippen molar-refractivity contribution in [2.45, 2.75) is 32.7 Å². The van der Waals surface area contributed by atoms with E-state index < -0.39 is 0 Å². The van der Waals surface area contributed by atoms with E-state index >= 15 is 0 Å². The molecule has 1 aliphatic rings. The molecule has 96 valence electrons. The third-order valence-electron chi connectivity index (χ3n) is 3.44. The van der Waals surface area contributed by atoms with Crippen molar-refractivity contribution in [2.24, 2.45) is 5.92 Å². The molecule has 1 aromatic heterocycles. The second-order valence-corrected chi connectivity index (χ2v) is 6.12. The van der Waals surface area contributed by atoms with Crippen molar-refractivity contribution in [3.8, 4) is 0 Å². The normalized spacial score (nSPS) is 23.8. The third kappa shape index (κ3) is 3.76. The lowest BCUT2D eigenvalue weighted by molar-refractivity contribution is 0.203. The standard InChI is InChI=1S/C13H23N3S/c1-10-9-17-13(15-10)11(2)14-7-12-5-4-6-16(3)8-12/h9,11-12,14H,4-8H2,1-3H3. The lowest BCUT2D eigenvalue weighted by atomic mass is 9.98. The molecule has 3 nitrogen and oxygen atoms in total. The number of hydrogen-bond donors (Lipinski definition) is 1. The number of likely N-dealkylation sites (tertiary alicyclic amines) is 1. The molecular weight excluding hydrogens is 230 g/mol. The molecule has 0 spiro atoms. The molecule has 1 fully saturated rings. The van der Waals surface area contributed by atoms with Crippen molar-refractivity contribution in [3.05, 3.63) is 16.1 Å². The Morgan fingerprint density at radius 3 is 3.12 bits per heavy atom. The summed E-state index contributed by atoms with van der Waals surface area (Å²) < 4.78 is 0. The second-order valence-electron chi connectivity index (χ2n) is 5.23. The second kappa shape index (κ2) is 5.94. The van der Waals surface area contributed by atoms with Crippen molar-refractivity contribution in [3.63, 3.8) is 0 Å². The minimum absolute atomic E-state index is 0.390. The molecule has 1 aliphatic heterocycles. The summed E-state index contributed by atoms with van der Waals surface area (Å²) in [5.41, 5.74) is 1.14. The Morgan fingerprint density at radius 2 is 2.47 bits per heavy atom. The molecule has 0 bridgehead atoms. The van der Waals surface area contributed by atoms with E-state index in [4.69, 9.17) is 0 Å². The van der Waals surface area contributed by atoms with Crippen molar-refractivity contribution in [1.29, 1.82) is 0 Å². The smallest absolute Gasteiger partial charge is 0.110 e. The van der Waals surface area contributed by atoms with E-state index in [1.165, 1.54) is 30.9 Å². The predicted molar refractivity (Wildman–Crippen MR) is 73.5 cm³/mol. The van der Waals surface area contributed by atoms with Gasteiger partial charge in [-0.3, -0.25) is 0 Å². The number of rotatable bonds is 4. The molecule has 0 aliphatic carbocycles. The highest BCUT2D eigenvalue weighted by Crippen LogP contribution is 2.19. The van der Waals surface area contributed by atoms with Gasteiger partial charge >= 0.3 is 0 Å². The van der Waals surface area contributed by atoms with Crippen LogP contribution in [0, 0.1) is 12.8 Å². The number of aromatic nitrogens is 1. The van der Waals surface area contributed by atoms with E-state index in [1.807, 2.05) is 0 Å². The van der Waals surface area contributed by atoms with Crippen LogP contribution in [-0.2, 0) is 0 Å². The summed E-state index contributed by atoms with van der Waals surface area (Å²) in [5.74, 6) is 0.803. The van der Waals surface area contributed by atoms with E-state index in [0.29, 0.717) is 6.04 Å². The molecule has 1 aromatic rings. The molecule has 2 rings (SSSR count). The fraction of sp³-hybridized carbons (Fsp3) is 0.769. The van der Waals surface area contributed by atoms with Crippen molar-refractivity contribution < 1.29 is 0 Å². The largest absolute Gasteiger partial charge is 0.308 e. The Hall–Kier alpha value is -0.450. The van der Waals surface area contributed by atoms with Gasteiger partial charge in [-0.25, -0.2) is 4.98 Å². The van der Waals surface area contributed by atoms with Gasteiger partial charge in [0.2, 0.25) is 0 Å². The van der Waals surface area contributed by atoms with E-state index in [2.05, 4.69) is 41.5 Å². The quantitative estimate of drug-likeness (QED) is 0.893. The highest BCUT2D eigenvalue weighted by atomic mass is 32.1. The van der Waals surface area contributed by atoms with E-state index in [1.54, 1.807) is 11.3 Å².